The smallest absolute Gasteiger partial charge is 0.332 e. The Labute approximate surface area is 213 Å². The van der Waals surface area contributed by atoms with Gasteiger partial charge in [-0.05, 0) is 18.1 Å². The normalized spacial score (nSPS) is 14.6. The Hall–Kier alpha value is -3.95. The maximum absolute atomic E-state index is 13.8. The average molecular weight is 499 g/mol. The van der Waals surface area contributed by atoms with Crippen molar-refractivity contribution in [2.24, 2.45) is 7.05 Å². The summed E-state index contributed by atoms with van der Waals surface area (Å²) in [5.41, 5.74) is 4.24. The van der Waals surface area contributed by atoms with E-state index >= 15 is 0 Å². The number of imidazole rings is 2. The Bertz CT molecular complexity index is 1700. The van der Waals surface area contributed by atoms with E-state index in [1.54, 1.807) is 7.05 Å². The number of para-hydroxylation sites is 1. The topological polar surface area (TPSA) is 78.7 Å². The van der Waals surface area contributed by atoms with E-state index in [9.17, 15) is 9.59 Å². The first-order valence-corrected chi connectivity index (χ1v) is 12.8. The second-order valence-electron chi connectivity index (χ2n) is 9.40. The highest BCUT2D eigenvalue weighted by molar-refractivity contribution is 5.79. The summed E-state index contributed by atoms with van der Waals surface area (Å²) in [6.07, 6.45) is 2.81. The summed E-state index contributed by atoms with van der Waals surface area (Å²) in [6.45, 7) is 6.00. The van der Waals surface area contributed by atoms with Crippen molar-refractivity contribution in [2.75, 3.05) is 32.8 Å². The summed E-state index contributed by atoms with van der Waals surface area (Å²) in [7, 11) is 1.68. The fraction of sp³-hybridized carbons (Fsp3) is 0.321. The summed E-state index contributed by atoms with van der Waals surface area (Å²) in [6, 6.07) is 18.3. The van der Waals surface area contributed by atoms with Crippen LogP contribution < -0.4 is 11.2 Å². The van der Waals surface area contributed by atoms with E-state index in [0.717, 1.165) is 36.5 Å². The van der Waals surface area contributed by atoms with Gasteiger partial charge in [-0.3, -0.25) is 27.8 Å². The molecular weight excluding hydrogens is 468 g/mol. The number of hydrogen-bond acceptors (Lipinski definition) is 5. The summed E-state index contributed by atoms with van der Waals surface area (Å²) in [5.74, 6) is 0.604. The van der Waals surface area contributed by atoms with E-state index in [4.69, 9.17) is 9.72 Å². The highest BCUT2D eigenvalue weighted by Crippen LogP contribution is 2.30. The summed E-state index contributed by atoms with van der Waals surface area (Å²) in [4.78, 5) is 34.1. The summed E-state index contributed by atoms with van der Waals surface area (Å²) >= 11 is 0. The van der Waals surface area contributed by atoms with E-state index < -0.39 is 0 Å². The number of morpholine rings is 1. The summed E-state index contributed by atoms with van der Waals surface area (Å²) < 4.78 is 12.2. The molecule has 4 heterocycles. The second kappa shape index (κ2) is 9.49. The van der Waals surface area contributed by atoms with Crippen LogP contribution in [0, 0.1) is 0 Å². The third kappa shape index (κ3) is 3.91. The number of aryl methyl sites for hydroxylation is 2. The zero-order valence-corrected chi connectivity index (χ0v) is 21.1. The molecule has 0 amide bonds. The lowest BCUT2D eigenvalue weighted by atomic mass is 10.1. The lowest BCUT2D eigenvalue weighted by Crippen LogP contribution is -2.44. The molecule has 1 aliphatic heterocycles. The average Bonchev–Trinajstić information content (AvgIpc) is 3.49. The Morgan fingerprint density at radius 3 is 2.43 bits per heavy atom. The van der Waals surface area contributed by atoms with Crippen LogP contribution in [0.3, 0.4) is 0 Å². The number of nitrogens with zero attached hydrogens (tertiary/aromatic N) is 6. The first-order valence-electron chi connectivity index (χ1n) is 12.8. The Kier molecular flexibility index (Phi) is 6.02. The van der Waals surface area contributed by atoms with Crippen molar-refractivity contribution in [3.63, 3.8) is 0 Å². The number of benzene rings is 2. The number of hydrogen-bond donors (Lipinski definition) is 0. The molecule has 6 rings (SSSR count). The SMILES string of the molecule is CCc1ccccc1-n1c(-c2ccccc2)cn2c3c(=O)n(CCN4CCOCC4)c(=O)n(C)c3nc12. The number of fused-ring (bicyclic) bond motifs is 3. The van der Waals surface area contributed by atoms with Crippen LogP contribution >= 0.6 is 0 Å². The van der Waals surface area contributed by atoms with Crippen LogP contribution in [-0.4, -0.2) is 60.8 Å². The second-order valence-corrected chi connectivity index (χ2v) is 9.40. The molecule has 2 aromatic carbocycles. The molecule has 0 atom stereocenters. The van der Waals surface area contributed by atoms with Crippen molar-refractivity contribution in [1.82, 2.24) is 28.0 Å². The van der Waals surface area contributed by atoms with Crippen LogP contribution in [0.4, 0.5) is 0 Å². The third-order valence-electron chi connectivity index (χ3n) is 7.28. The molecular formula is C28H30N6O3. The van der Waals surface area contributed by atoms with Crippen molar-refractivity contribution >= 4 is 16.9 Å². The van der Waals surface area contributed by atoms with Gasteiger partial charge < -0.3 is 4.74 Å². The lowest BCUT2D eigenvalue weighted by molar-refractivity contribution is 0.0361. The molecule has 37 heavy (non-hydrogen) atoms. The number of ether oxygens (including phenoxy) is 1. The first-order chi connectivity index (χ1) is 18.1. The van der Waals surface area contributed by atoms with Crippen molar-refractivity contribution in [1.29, 1.82) is 0 Å². The van der Waals surface area contributed by atoms with Crippen molar-refractivity contribution < 1.29 is 4.74 Å². The molecule has 1 aliphatic rings. The van der Waals surface area contributed by atoms with Gasteiger partial charge in [-0.2, -0.15) is 4.98 Å². The van der Waals surface area contributed by atoms with Crippen molar-refractivity contribution in [3.8, 4) is 16.9 Å². The molecule has 0 unspecified atom stereocenters. The minimum Gasteiger partial charge on any atom is -0.379 e. The lowest BCUT2D eigenvalue weighted by Gasteiger charge is -2.26. The van der Waals surface area contributed by atoms with Gasteiger partial charge in [0, 0.05) is 45.0 Å². The van der Waals surface area contributed by atoms with Crippen LogP contribution in [0.1, 0.15) is 12.5 Å². The molecule has 9 nitrogen and oxygen atoms in total. The van der Waals surface area contributed by atoms with E-state index in [1.807, 2.05) is 40.9 Å². The van der Waals surface area contributed by atoms with Gasteiger partial charge in [0.05, 0.1) is 24.6 Å². The Balaban J connectivity index is 1.60. The molecule has 0 spiro atoms. The largest absolute Gasteiger partial charge is 0.379 e. The zero-order valence-electron chi connectivity index (χ0n) is 21.1. The standard InChI is InChI=1S/C28H30N6O3/c1-3-20-9-7-8-12-22(20)34-23(21-10-5-4-6-11-21)19-33-24-25(29-27(33)34)30(2)28(36)32(26(24)35)14-13-31-15-17-37-18-16-31/h4-12,19H,3,13-18H2,1-2H3. The molecule has 3 aromatic heterocycles. The van der Waals surface area contributed by atoms with E-state index in [0.29, 0.717) is 43.2 Å². The summed E-state index contributed by atoms with van der Waals surface area (Å²) in [5, 5.41) is 0. The van der Waals surface area contributed by atoms with Gasteiger partial charge in [-0.15, -0.1) is 0 Å². The van der Waals surface area contributed by atoms with Gasteiger partial charge >= 0.3 is 5.69 Å². The van der Waals surface area contributed by atoms with Gasteiger partial charge in [0.25, 0.3) is 5.56 Å². The zero-order chi connectivity index (χ0) is 25.5. The molecule has 190 valence electrons. The maximum Gasteiger partial charge on any atom is 0.332 e. The highest BCUT2D eigenvalue weighted by atomic mass is 16.5. The molecule has 0 N–H and O–H groups in total. The monoisotopic (exact) mass is 498 g/mol. The van der Waals surface area contributed by atoms with Crippen molar-refractivity contribution in [2.45, 2.75) is 19.9 Å². The van der Waals surface area contributed by atoms with E-state index in [1.165, 1.54) is 14.7 Å². The minimum atomic E-state index is -0.352. The van der Waals surface area contributed by atoms with Crippen LogP contribution in [-0.2, 0) is 24.8 Å². The van der Waals surface area contributed by atoms with Gasteiger partial charge in [-0.1, -0.05) is 55.5 Å². The van der Waals surface area contributed by atoms with Crippen molar-refractivity contribution in [3.05, 3.63) is 87.2 Å². The fourth-order valence-corrected chi connectivity index (χ4v) is 5.24. The van der Waals surface area contributed by atoms with E-state index in [2.05, 4.69) is 40.7 Å². The first kappa shape index (κ1) is 23.4. The van der Waals surface area contributed by atoms with Crippen LogP contribution in [0.15, 0.2) is 70.4 Å². The predicted octanol–water partition coefficient (Wildman–Crippen LogP) is 2.70. The number of aromatic nitrogens is 5. The molecule has 0 saturated carbocycles. The third-order valence-corrected chi connectivity index (χ3v) is 7.28. The van der Waals surface area contributed by atoms with Crippen LogP contribution in [0.2, 0.25) is 0 Å². The quantitative estimate of drug-likeness (QED) is 0.360. The highest BCUT2D eigenvalue weighted by Gasteiger charge is 2.23. The number of rotatable bonds is 6. The van der Waals surface area contributed by atoms with Crippen LogP contribution in [0.5, 0.6) is 0 Å². The molecule has 9 heteroatoms. The molecule has 1 fully saturated rings. The minimum absolute atomic E-state index is 0.319. The Morgan fingerprint density at radius 1 is 0.946 bits per heavy atom. The molecule has 0 bridgehead atoms. The molecule has 0 radical (unpaired) electrons. The molecule has 5 aromatic rings. The Morgan fingerprint density at radius 2 is 1.68 bits per heavy atom. The van der Waals surface area contributed by atoms with E-state index in [-0.39, 0.29) is 11.2 Å². The fourth-order valence-electron chi connectivity index (χ4n) is 5.24. The van der Waals surface area contributed by atoms with Gasteiger partial charge in [0.2, 0.25) is 5.78 Å². The maximum atomic E-state index is 13.8. The molecule has 0 aliphatic carbocycles. The van der Waals surface area contributed by atoms with Gasteiger partial charge in [0.1, 0.15) is 0 Å². The molecule has 1 saturated heterocycles. The van der Waals surface area contributed by atoms with Crippen LogP contribution in [0.25, 0.3) is 33.9 Å². The van der Waals surface area contributed by atoms with Gasteiger partial charge in [-0.25, -0.2) is 4.79 Å². The van der Waals surface area contributed by atoms with Gasteiger partial charge in [0.15, 0.2) is 11.2 Å². The predicted molar refractivity (Wildman–Crippen MR) is 144 cm³/mol.